The van der Waals surface area contributed by atoms with Gasteiger partial charge >= 0.3 is 12.3 Å². The first-order chi connectivity index (χ1) is 13.7. The van der Waals surface area contributed by atoms with E-state index in [1.807, 2.05) is 0 Å². The number of nitrogens with zero attached hydrogens (tertiary/aromatic N) is 1. The van der Waals surface area contributed by atoms with Crippen molar-refractivity contribution in [2.24, 2.45) is 0 Å². The molecule has 7 nitrogen and oxygen atoms in total. The second kappa shape index (κ2) is 10.2. The zero-order valence-corrected chi connectivity index (χ0v) is 16.0. The van der Waals surface area contributed by atoms with Gasteiger partial charge in [-0.3, -0.25) is 0 Å². The van der Waals surface area contributed by atoms with Crippen molar-refractivity contribution < 1.29 is 37.3 Å². The molecule has 0 fully saturated rings. The molecule has 158 valence electrons. The van der Waals surface area contributed by atoms with E-state index >= 15 is 0 Å². The monoisotopic (exact) mass is 434 g/mol. The van der Waals surface area contributed by atoms with E-state index in [1.165, 1.54) is 13.2 Å². The summed E-state index contributed by atoms with van der Waals surface area (Å²) in [6.07, 6.45) is -4.89. The van der Waals surface area contributed by atoms with Crippen LogP contribution in [0.4, 0.5) is 18.0 Å². The van der Waals surface area contributed by atoms with Gasteiger partial charge in [0.15, 0.2) is 0 Å². The Labute approximate surface area is 169 Å². The maximum Gasteiger partial charge on any atom is 0.417 e. The van der Waals surface area contributed by atoms with Gasteiger partial charge in [0.2, 0.25) is 5.88 Å². The third-order valence-corrected chi connectivity index (χ3v) is 3.88. The first-order valence-electron chi connectivity index (χ1n) is 8.32. The normalized spacial score (nSPS) is 11.2. The SMILES string of the molecule is COCCOc1ccc(CCNC(=O)O)c(Oc2ncc(C(F)(F)F)cc2Cl)c1. The van der Waals surface area contributed by atoms with E-state index in [0.717, 1.165) is 0 Å². The molecule has 1 aromatic heterocycles. The molecule has 0 saturated carbocycles. The van der Waals surface area contributed by atoms with Gasteiger partial charge in [0.25, 0.3) is 0 Å². The third kappa shape index (κ3) is 6.99. The highest BCUT2D eigenvalue weighted by Gasteiger charge is 2.32. The number of carbonyl (C=O) groups is 1. The van der Waals surface area contributed by atoms with Crippen LogP contribution in [0.3, 0.4) is 0 Å². The van der Waals surface area contributed by atoms with Crippen LogP contribution in [0.25, 0.3) is 0 Å². The number of benzene rings is 1. The van der Waals surface area contributed by atoms with Crippen LogP contribution in [0.2, 0.25) is 5.02 Å². The molecule has 0 radical (unpaired) electrons. The summed E-state index contributed by atoms with van der Waals surface area (Å²) in [5, 5.41) is 10.6. The maximum atomic E-state index is 12.8. The van der Waals surface area contributed by atoms with Gasteiger partial charge in [-0.25, -0.2) is 9.78 Å². The molecule has 29 heavy (non-hydrogen) atoms. The van der Waals surface area contributed by atoms with Gasteiger partial charge in [0.05, 0.1) is 12.2 Å². The predicted molar refractivity (Wildman–Crippen MR) is 97.9 cm³/mol. The molecule has 11 heteroatoms. The van der Waals surface area contributed by atoms with E-state index in [4.69, 9.17) is 30.9 Å². The van der Waals surface area contributed by atoms with Crippen LogP contribution in [0.5, 0.6) is 17.4 Å². The molecule has 0 bridgehead atoms. The Hall–Kier alpha value is -2.72. The number of amides is 1. The highest BCUT2D eigenvalue weighted by Crippen LogP contribution is 2.36. The molecule has 0 spiro atoms. The zero-order chi connectivity index (χ0) is 21.4. The Morgan fingerprint density at radius 2 is 2.03 bits per heavy atom. The summed E-state index contributed by atoms with van der Waals surface area (Å²) in [7, 11) is 1.52. The number of nitrogens with one attached hydrogen (secondary N) is 1. The zero-order valence-electron chi connectivity index (χ0n) is 15.3. The Morgan fingerprint density at radius 3 is 2.66 bits per heavy atom. The Kier molecular flexibility index (Phi) is 7.91. The van der Waals surface area contributed by atoms with E-state index in [0.29, 0.717) is 30.2 Å². The van der Waals surface area contributed by atoms with Gasteiger partial charge in [0, 0.05) is 25.9 Å². The topological polar surface area (TPSA) is 89.9 Å². The summed E-state index contributed by atoms with van der Waals surface area (Å²) in [4.78, 5) is 14.3. The quantitative estimate of drug-likeness (QED) is 0.569. The fourth-order valence-electron chi connectivity index (χ4n) is 2.23. The molecular formula is C18H18ClF3N2O5. The summed E-state index contributed by atoms with van der Waals surface area (Å²) in [6, 6.07) is 5.54. The molecule has 2 N–H and O–H groups in total. The fourth-order valence-corrected chi connectivity index (χ4v) is 2.44. The minimum atomic E-state index is -4.59. The smallest absolute Gasteiger partial charge is 0.417 e. The van der Waals surface area contributed by atoms with E-state index in [-0.39, 0.29) is 36.2 Å². The van der Waals surface area contributed by atoms with Gasteiger partial charge in [-0.2, -0.15) is 13.2 Å². The van der Waals surface area contributed by atoms with Gasteiger partial charge in [-0.15, -0.1) is 0 Å². The van der Waals surface area contributed by atoms with E-state index in [1.54, 1.807) is 12.1 Å². The standard InChI is InChI=1S/C18H18ClF3N2O5/c1-27-6-7-28-13-3-2-11(4-5-23-17(25)26)15(9-13)29-16-14(19)8-12(10-24-16)18(20,21)22/h2-3,8-10,23H,4-7H2,1H3,(H,25,26). The lowest BCUT2D eigenvalue weighted by atomic mass is 10.1. The van der Waals surface area contributed by atoms with Crippen molar-refractivity contribution in [2.45, 2.75) is 12.6 Å². The number of aromatic nitrogens is 1. The van der Waals surface area contributed by atoms with Crippen molar-refractivity contribution in [1.82, 2.24) is 10.3 Å². The predicted octanol–water partition coefficient (Wildman–Crippen LogP) is 4.38. The number of hydrogen-bond donors (Lipinski definition) is 2. The number of ether oxygens (including phenoxy) is 3. The van der Waals surface area contributed by atoms with Crippen LogP contribution in [0.1, 0.15) is 11.1 Å². The van der Waals surface area contributed by atoms with Crippen molar-refractivity contribution in [3.63, 3.8) is 0 Å². The minimum absolute atomic E-state index is 0.101. The van der Waals surface area contributed by atoms with Gasteiger partial charge in [-0.1, -0.05) is 17.7 Å². The van der Waals surface area contributed by atoms with E-state index in [2.05, 4.69) is 10.3 Å². The van der Waals surface area contributed by atoms with Crippen molar-refractivity contribution in [1.29, 1.82) is 0 Å². The van der Waals surface area contributed by atoms with Crippen LogP contribution >= 0.6 is 11.6 Å². The largest absolute Gasteiger partial charge is 0.491 e. The lowest BCUT2D eigenvalue weighted by Gasteiger charge is -2.15. The molecule has 2 aromatic rings. The highest BCUT2D eigenvalue weighted by molar-refractivity contribution is 6.31. The molecule has 0 unspecified atom stereocenters. The second-order valence-electron chi connectivity index (χ2n) is 5.70. The van der Waals surface area contributed by atoms with Crippen molar-refractivity contribution >= 4 is 17.7 Å². The van der Waals surface area contributed by atoms with Crippen molar-refractivity contribution in [2.75, 3.05) is 26.9 Å². The number of hydrogen-bond acceptors (Lipinski definition) is 5. The molecule has 0 aliphatic carbocycles. The molecule has 2 rings (SSSR count). The molecular weight excluding hydrogens is 417 g/mol. The van der Waals surface area contributed by atoms with Gasteiger partial charge in [-0.05, 0) is 24.1 Å². The number of carboxylic acid groups (broad SMARTS) is 1. The molecule has 0 aliphatic rings. The van der Waals surface area contributed by atoms with Crippen LogP contribution in [0.15, 0.2) is 30.5 Å². The number of rotatable bonds is 9. The lowest BCUT2D eigenvalue weighted by Crippen LogP contribution is -2.23. The van der Waals surface area contributed by atoms with Crippen molar-refractivity contribution in [3.05, 3.63) is 46.6 Å². The summed E-state index contributed by atoms with van der Waals surface area (Å²) in [6.45, 7) is 0.728. The van der Waals surface area contributed by atoms with E-state index in [9.17, 15) is 18.0 Å². The molecule has 0 aliphatic heterocycles. The number of methoxy groups -OCH3 is 1. The van der Waals surface area contributed by atoms with Crippen molar-refractivity contribution in [3.8, 4) is 17.4 Å². The molecule has 1 amide bonds. The van der Waals surface area contributed by atoms with Crippen LogP contribution in [-0.4, -0.2) is 43.1 Å². The first-order valence-corrected chi connectivity index (χ1v) is 8.70. The molecule has 0 saturated heterocycles. The Morgan fingerprint density at radius 1 is 1.28 bits per heavy atom. The van der Waals surface area contributed by atoms with Crippen LogP contribution < -0.4 is 14.8 Å². The lowest BCUT2D eigenvalue weighted by molar-refractivity contribution is -0.137. The summed E-state index contributed by atoms with van der Waals surface area (Å²) in [5.74, 6) is 0.428. The van der Waals surface area contributed by atoms with Gasteiger partial charge < -0.3 is 24.6 Å². The van der Waals surface area contributed by atoms with E-state index < -0.39 is 17.8 Å². The number of pyridine rings is 1. The summed E-state index contributed by atoms with van der Waals surface area (Å²) in [5.41, 5.74) is -0.423. The summed E-state index contributed by atoms with van der Waals surface area (Å²) >= 11 is 5.90. The molecule has 1 heterocycles. The fraction of sp³-hybridized carbons (Fsp3) is 0.333. The average molecular weight is 435 g/mol. The molecule has 0 atom stereocenters. The Balaban J connectivity index is 2.26. The van der Waals surface area contributed by atoms with Crippen LogP contribution in [0, 0.1) is 0 Å². The third-order valence-electron chi connectivity index (χ3n) is 3.61. The first kappa shape index (κ1) is 22.6. The number of halogens is 4. The van der Waals surface area contributed by atoms with Gasteiger partial charge in [0.1, 0.15) is 23.1 Å². The number of alkyl halides is 3. The van der Waals surface area contributed by atoms with Crippen LogP contribution in [-0.2, 0) is 17.3 Å². The highest BCUT2D eigenvalue weighted by atomic mass is 35.5. The Bertz CT molecular complexity index is 849. The average Bonchev–Trinajstić information content (AvgIpc) is 2.64. The maximum absolute atomic E-state index is 12.8. The summed E-state index contributed by atoms with van der Waals surface area (Å²) < 4.78 is 54.3. The second-order valence-corrected chi connectivity index (χ2v) is 6.11. The minimum Gasteiger partial charge on any atom is -0.491 e. The molecule has 1 aromatic carbocycles.